The largest absolute Gasteiger partial charge is 0.487 e. The molecule has 0 spiro atoms. The second-order valence-electron chi connectivity index (χ2n) is 2.46. The lowest BCUT2D eigenvalue weighted by atomic mass is 10.2. The highest BCUT2D eigenvalue weighted by molar-refractivity contribution is 7.80. The van der Waals surface area contributed by atoms with Crippen LogP contribution in [0.15, 0.2) is 0 Å². The van der Waals surface area contributed by atoms with Crippen LogP contribution in [0, 0.1) is 0 Å². The highest BCUT2D eigenvalue weighted by atomic mass is 32.1. The molecule has 84 valence electrons. The van der Waals surface area contributed by atoms with E-state index in [0.29, 0.717) is 5.17 Å². The second kappa shape index (κ2) is 12.4. The van der Waals surface area contributed by atoms with Gasteiger partial charge >= 0.3 is 0 Å². The van der Waals surface area contributed by atoms with E-state index < -0.39 is 5.17 Å². The lowest BCUT2D eigenvalue weighted by Crippen LogP contribution is -2.23. The molecule has 4 nitrogen and oxygen atoms in total. The topological polar surface area (TPSA) is 67.5 Å². The van der Waals surface area contributed by atoms with E-state index in [9.17, 15) is 0 Å². The number of aliphatic hydroxyl groups excluding tert-OH is 1. The maximum atomic E-state index is 7.56. The molecule has 0 radical (unpaired) electrons. The fourth-order valence-corrected chi connectivity index (χ4v) is 0.740. The van der Waals surface area contributed by atoms with Gasteiger partial charge in [0.15, 0.2) is 0 Å². The first-order valence-electron chi connectivity index (χ1n) is 4.34. The molecule has 0 aromatic heterocycles. The average Bonchev–Trinajstić information content (AvgIpc) is 2.11. The molecule has 0 bridgehead atoms. The minimum Gasteiger partial charge on any atom is -0.487 e. The van der Waals surface area contributed by atoms with E-state index in [-0.39, 0.29) is 0 Å². The molecule has 0 aromatic carbocycles. The highest BCUT2D eigenvalue weighted by Gasteiger charge is 1.90. The molecule has 0 atom stereocenters. The molecule has 0 aliphatic carbocycles. The van der Waals surface area contributed by atoms with Gasteiger partial charge < -0.3 is 20.9 Å². The predicted octanol–water partition coefficient (Wildman–Crippen LogP) is 1.49. The van der Waals surface area contributed by atoms with Gasteiger partial charge in [-0.25, -0.2) is 0 Å². The van der Waals surface area contributed by atoms with E-state index in [0.717, 1.165) is 6.54 Å². The third-order valence-corrected chi connectivity index (χ3v) is 1.55. The molecule has 0 amide bonds. The molecule has 0 aliphatic rings. The lowest BCUT2D eigenvalue weighted by Gasteiger charge is -2.04. The van der Waals surface area contributed by atoms with Crippen LogP contribution in [0.1, 0.15) is 26.2 Å². The molecule has 0 aliphatic heterocycles. The van der Waals surface area contributed by atoms with E-state index in [1.165, 1.54) is 19.3 Å². The smallest absolute Gasteiger partial charge is 0.256 e. The minimum atomic E-state index is -0.500. The number of ether oxygens (including phenoxy) is 1. The van der Waals surface area contributed by atoms with Crippen molar-refractivity contribution in [2.24, 2.45) is 5.73 Å². The van der Waals surface area contributed by atoms with Gasteiger partial charge in [0.2, 0.25) is 0 Å². The summed E-state index contributed by atoms with van der Waals surface area (Å²) < 4.78 is 4.75. The first-order valence-corrected chi connectivity index (χ1v) is 5.16. The van der Waals surface area contributed by atoms with Gasteiger partial charge in [0.05, 0.1) is 7.11 Å². The Morgan fingerprint density at radius 2 is 1.93 bits per heavy atom. The Labute approximate surface area is 95.8 Å². The zero-order chi connectivity index (χ0) is 11.4. The summed E-state index contributed by atoms with van der Waals surface area (Å²) in [6.45, 7) is 3.11. The average molecular weight is 238 g/mol. The summed E-state index contributed by atoms with van der Waals surface area (Å²) in [4.78, 5) is 0. The van der Waals surface area contributed by atoms with Crippen LogP contribution in [0.2, 0.25) is 0 Å². The van der Waals surface area contributed by atoms with E-state index in [1.54, 1.807) is 7.11 Å². The van der Waals surface area contributed by atoms with E-state index in [1.807, 2.05) is 0 Å². The molecular weight excluding hydrogens is 220 g/mol. The molecule has 0 unspecified atom stereocenters. The zero-order valence-electron chi connectivity index (χ0n) is 8.58. The third kappa shape index (κ3) is 22.5. The molecule has 6 heteroatoms. The summed E-state index contributed by atoms with van der Waals surface area (Å²) in [7, 11) is 1.58. The van der Waals surface area contributed by atoms with Crippen molar-refractivity contribution < 1.29 is 9.84 Å². The van der Waals surface area contributed by atoms with Crippen LogP contribution in [-0.4, -0.2) is 29.1 Å². The maximum absolute atomic E-state index is 7.56. The van der Waals surface area contributed by atoms with Crippen molar-refractivity contribution in [3.05, 3.63) is 0 Å². The number of nitrogens with one attached hydrogen (secondary N) is 1. The SMILES string of the molecule is CCCCCNC(=S)OC.NC(O)=S. The summed E-state index contributed by atoms with van der Waals surface area (Å²) in [6, 6.07) is 0. The maximum Gasteiger partial charge on any atom is 0.256 e. The Morgan fingerprint density at radius 1 is 1.43 bits per heavy atom. The zero-order valence-corrected chi connectivity index (χ0v) is 10.2. The van der Waals surface area contributed by atoms with Gasteiger partial charge in [-0.3, -0.25) is 0 Å². The summed E-state index contributed by atoms with van der Waals surface area (Å²) >= 11 is 8.64. The summed E-state index contributed by atoms with van der Waals surface area (Å²) in [5, 5.41) is 10.5. The molecule has 0 saturated heterocycles. The van der Waals surface area contributed by atoms with Crippen molar-refractivity contribution in [1.29, 1.82) is 0 Å². The van der Waals surface area contributed by atoms with Crippen LogP contribution in [-0.2, 0) is 4.74 Å². The Hall–Kier alpha value is -0.620. The number of methoxy groups -OCH3 is 1. The molecule has 0 aromatic rings. The Kier molecular flexibility index (Phi) is 14.0. The Bertz CT molecular complexity index is 161. The van der Waals surface area contributed by atoms with Gasteiger partial charge in [-0.15, -0.1) is 0 Å². The quantitative estimate of drug-likeness (QED) is 0.509. The minimum absolute atomic E-state index is 0.496. The Morgan fingerprint density at radius 3 is 2.29 bits per heavy atom. The molecule has 0 rings (SSSR count). The second-order valence-corrected chi connectivity index (χ2v) is 3.25. The van der Waals surface area contributed by atoms with Gasteiger partial charge in [-0.1, -0.05) is 19.8 Å². The molecule has 14 heavy (non-hydrogen) atoms. The number of nitrogens with two attached hydrogens (primary N) is 1. The predicted molar refractivity (Wildman–Crippen MR) is 66.5 cm³/mol. The third-order valence-electron chi connectivity index (χ3n) is 1.24. The standard InChI is InChI=1S/C7H15NOS.CH3NOS/c1-3-4-5-6-8-7(10)9-2;2-1(3)4/h3-6H2,1-2H3,(H,8,10);(H3,2,3,4). The molecule has 0 heterocycles. The fourth-order valence-electron chi connectivity index (χ4n) is 0.638. The van der Waals surface area contributed by atoms with Gasteiger partial charge in [-0.05, 0) is 30.9 Å². The van der Waals surface area contributed by atoms with Crippen LogP contribution in [0.3, 0.4) is 0 Å². The van der Waals surface area contributed by atoms with Gasteiger partial charge in [0, 0.05) is 6.54 Å². The number of hydrogen-bond acceptors (Lipinski definition) is 3. The number of rotatable bonds is 4. The van der Waals surface area contributed by atoms with Crippen LogP contribution in [0.5, 0.6) is 0 Å². The van der Waals surface area contributed by atoms with Crippen molar-refractivity contribution in [3.8, 4) is 0 Å². The number of hydrogen-bond donors (Lipinski definition) is 3. The van der Waals surface area contributed by atoms with Crippen molar-refractivity contribution >= 4 is 34.8 Å². The molecule has 0 saturated carbocycles. The summed E-state index contributed by atoms with van der Waals surface area (Å²) in [5.74, 6) is 0. The van der Waals surface area contributed by atoms with E-state index >= 15 is 0 Å². The Balaban J connectivity index is 0. The molecule has 4 N–H and O–H groups in total. The van der Waals surface area contributed by atoms with Crippen LogP contribution < -0.4 is 11.1 Å². The van der Waals surface area contributed by atoms with Crippen molar-refractivity contribution in [2.75, 3.05) is 13.7 Å². The fraction of sp³-hybridized carbons (Fsp3) is 0.750. The first-order chi connectivity index (χ1) is 6.54. The van der Waals surface area contributed by atoms with E-state index in [2.05, 4.69) is 30.2 Å². The number of thiocarbonyl (C=S) groups is 2. The lowest BCUT2D eigenvalue weighted by molar-refractivity contribution is 0.392. The van der Waals surface area contributed by atoms with Crippen molar-refractivity contribution in [1.82, 2.24) is 5.32 Å². The van der Waals surface area contributed by atoms with Gasteiger partial charge in [0.1, 0.15) is 0 Å². The molecular formula is C8H18N2O2S2. The monoisotopic (exact) mass is 238 g/mol. The van der Waals surface area contributed by atoms with Crippen molar-refractivity contribution in [3.63, 3.8) is 0 Å². The number of aliphatic hydroxyl groups is 1. The van der Waals surface area contributed by atoms with Crippen LogP contribution >= 0.6 is 24.4 Å². The van der Waals surface area contributed by atoms with Gasteiger partial charge in [0.25, 0.3) is 10.3 Å². The van der Waals surface area contributed by atoms with Crippen LogP contribution in [0.4, 0.5) is 0 Å². The number of unbranched alkanes of at least 4 members (excludes halogenated alkanes) is 2. The van der Waals surface area contributed by atoms with Gasteiger partial charge in [-0.2, -0.15) is 0 Å². The van der Waals surface area contributed by atoms with Crippen molar-refractivity contribution in [2.45, 2.75) is 26.2 Å². The van der Waals surface area contributed by atoms with E-state index in [4.69, 9.17) is 22.1 Å². The summed E-state index contributed by atoms with van der Waals surface area (Å²) in [6.07, 6.45) is 3.65. The molecule has 0 fully saturated rings. The van der Waals surface area contributed by atoms with Crippen LogP contribution in [0.25, 0.3) is 0 Å². The highest BCUT2D eigenvalue weighted by Crippen LogP contribution is 1.90. The normalized spacial score (nSPS) is 8.14. The summed E-state index contributed by atoms with van der Waals surface area (Å²) in [5.41, 5.74) is 4.40. The first kappa shape index (κ1) is 15.8.